The van der Waals surface area contributed by atoms with Crippen LogP contribution in [0.5, 0.6) is 0 Å². The maximum absolute atomic E-state index is 13.2. The Kier molecular flexibility index (Phi) is 5.51. The number of imide groups is 1. The van der Waals surface area contributed by atoms with E-state index in [4.69, 9.17) is 11.6 Å². The predicted octanol–water partition coefficient (Wildman–Crippen LogP) is 4.02. The van der Waals surface area contributed by atoms with Crippen molar-refractivity contribution in [3.05, 3.63) is 59.1 Å². The van der Waals surface area contributed by atoms with Gasteiger partial charge in [-0.15, -0.1) is 11.8 Å². The van der Waals surface area contributed by atoms with Crippen molar-refractivity contribution < 1.29 is 14.4 Å². The zero-order valence-electron chi connectivity index (χ0n) is 16.7. The lowest BCUT2D eigenvalue weighted by Gasteiger charge is -2.25. The zero-order valence-corrected chi connectivity index (χ0v) is 18.3. The van der Waals surface area contributed by atoms with Crippen LogP contribution in [0.4, 0.5) is 10.5 Å². The Bertz CT molecular complexity index is 1010. The molecule has 0 aromatic heterocycles. The highest BCUT2D eigenvalue weighted by Crippen LogP contribution is 2.37. The molecule has 8 heteroatoms. The second-order valence-electron chi connectivity index (χ2n) is 7.68. The molecule has 2 aliphatic heterocycles. The van der Waals surface area contributed by atoms with E-state index in [0.717, 1.165) is 21.9 Å². The molecule has 0 aliphatic carbocycles. The Hall–Kier alpha value is -2.51. The number of carbonyl (C=O) groups is 3. The van der Waals surface area contributed by atoms with Crippen molar-refractivity contribution in [3.8, 4) is 0 Å². The molecule has 1 N–H and O–H groups in total. The van der Waals surface area contributed by atoms with E-state index in [1.807, 2.05) is 24.3 Å². The summed E-state index contributed by atoms with van der Waals surface area (Å²) in [6.45, 7) is 4.01. The van der Waals surface area contributed by atoms with Crippen molar-refractivity contribution >= 4 is 46.9 Å². The second-order valence-corrected chi connectivity index (χ2v) is 9.60. The smallest absolute Gasteiger partial charge is 0.319 e. The normalized spacial score (nSPS) is 23.8. The quantitative estimate of drug-likeness (QED) is 0.727. The van der Waals surface area contributed by atoms with E-state index >= 15 is 0 Å². The molecule has 0 radical (unpaired) electrons. The SMILES string of the molecule is CC1CCN(C(=O)CN2C(=O)NC(C)(c3ccc(Cl)cc3)C2=O)c2ccccc2S1. The molecule has 4 amide bonds. The van der Waals surface area contributed by atoms with Gasteiger partial charge in [-0.05, 0) is 43.2 Å². The molecule has 0 saturated carbocycles. The maximum atomic E-state index is 13.2. The summed E-state index contributed by atoms with van der Waals surface area (Å²) in [5.41, 5.74) is 0.207. The van der Waals surface area contributed by atoms with Gasteiger partial charge in [0.05, 0.1) is 5.69 Å². The number of hydrogen-bond acceptors (Lipinski definition) is 4. The van der Waals surface area contributed by atoms with Gasteiger partial charge in [0.25, 0.3) is 5.91 Å². The minimum Gasteiger partial charge on any atom is -0.319 e. The number of fused-ring (bicyclic) bond motifs is 1. The summed E-state index contributed by atoms with van der Waals surface area (Å²) in [5, 5.41) is 3.64. The maximum Gasteiger partial charge on any atom is 0.325 e. The monoisotopic (exact) mass is 443 g/mol. The fourth-order valence-electron chi connectivity index (χ4n) is 3.79. The first-order chi connectivity index (χ1) is 14.3. The summed E-state index contributed by atoms with van der Waals surface area (Å²) < 4.78 is 0. The number of urea groups is 1. The standard InChI is InChI=1S/C22H22ClN3O3S/c1-14-11-12-25(17-5-3-4-6-18(17)30-14)19(27)13-26-20(28)22(2,24-21(26)29)15-7-9-16(23)10-8-15/h3-10,14H,11-13H2,1-2H3,(H,24,29). The van der Waals surface area contributed by atoms with Crippen LogP contribution in [-0.4, -0.2) is 41.1 Å². The van der Waals surface area contributed by atoms with E-state index in [2.05, 4.69) is 12.2 Å². The van der Waals surface area contributed by atoms with Crippen LogP contribution in [0, 0.1) is 0 Å². The van der Waals surface area contributed by atoms with Crippen LogP contribution in [0.2, 0.25) is 5.02 Å². The van der Waals surface area contributed by atoms with Crippen LogP contribution < -0.4 is 10.2 Å². The number of thioether (sulfide) groups is 1. The van der Waals surface area contributed by atoms with E-state index in [1.54, 1.807) is 47.9 Å². The first-order valence-corrected chi connectivity index (χ1v) is 11.0. The number of hydrogen-bond donors (Lipinski definition) is 1. The highest BCUT2D eigenvalue weighted by molar-refractivity contribution is 8.00. The van der Waals surface area contributed by atoms with Crippen LogP contribution in [0.3, 0.4) is 0 Å². The van der Waals surface area contributed by atoms with Gasteiger partial charge in [-0.1, -0.05) is 42.8 Å². The highest BCUT2D eigenvalue weighted by Gasteiger charge is 2.49. The third-order valence-electron chi connectivity index (χ3n) is 5.53. The minimum absolute atomic E-state index is 0.277. The topological polar surface area (TPSA) is 69.7 Å². The number of halogens is 1. The Balaban J connectivity index is 1.57. The van der Waals surface area contributed by atoms with Crippen LogP contribution in [0.1, 0.15) is 25.8 Å². The molecular formula is C22H22ClN3O3S. The van der Waals surface area contributed by atoms with E-state index in [1.165, 1.54) is 0 Å². The average molecular weight is 444 g/mol. The first-order valence-electron chi connectivity index (χ1n) is 9.76. The van der Waals surface area contributed by atoms with Gasteiger partial charge in [0.2, 0.25) is 5.91 Å². The molecular weight excluding hydrogens is 422 g/mol. The molecule has 4 rings (SSSR count). The van der Waals surface area contributed by atoms with Crippen LogP contribution in [-0.2, 0) is 15.1 Å². The number of amides is 4. The number of rotatable bonds is 3. The molecule has 2 heterocycles. The van der Waals surface area contributed by atoms with Crippen molar-refractivity contribution in [1.82, 2.24) is 10.2 Å². The van der Waals surface area contributed by atoms with E-state index < -0.39 is 17.5 Å². The van der Waals surface area contributed by atoms with Gasteiger partial charge in [0.1, 0.15) is 12.1 Å². The summed E-state index contributed by atoms with van der Waals surface area (Å²) >= 11 is 7.67. The van der Waals surface area contributed by atoms with E-state index in [9.17, 15) is 14.4 Å². The summed E-state index contributed by atoms with van der Waals surface area (Å²) in [5.74, 6) is -0.727. The summed E-state index contributed by atoms with van der Waals surface area (Å²) in [7, 11) is 0. The molecule has 2 atom stereocenters. The molecule has 2 aliphatic rings. The largest absolute Gasteiger partial charge is 0.325 e. The lowest BCUT2D eigenvalue weighted by atomic mass is 9.92. The van der Waals surface area contributed by atoms with Gasteiger partial charge in [0.15, 0.2) is 0 Å². The molecule has 156 valence electrons. The number of para-hydroxylation sites is 1. The van der Waals surface area contributed by atoms with E-state index in [0.29, 0.717) is 22.4 Å². The van der Waals surface area contributed by atoms with Gasteiger partial charge in [-0.25, -0.2) is 4.79 Å². The number of nitrogens with one attached hydrogen (secondary N) is 1. The Morgan fingerprint density at radius 3 is 2.63 bits per heavy atom. The molecule has 2 unspecified atom stereocenters. The Morgan fingerprint density at radius 1 is 1.20 bits per heavy atom. The number of carbonyl (C=O) groups excluding carboxylic acids is 3. The molecule has 30 heavy (non-hydrogen) atoms. The third kappa shape index (κ3) is 3.68. The van der Waals surface area contributed by atoms with Gasteiger partial charge in [-0.3, -0.25) is 14.5 Å². The number of nitrogens with zero attached hydrogens (tertiary/aromatic N) is 2. The van der Waals surface area contributed by atoms with Gasteiger partial charge < -0.3 is 10.2 Å². The van der Waals surface area contributed by atoms with Crippen LogP contribution in [0.15, 0.2) is 53.4 Å². The summed E-state index contributed by atoms with van der Waals surface area (Å²) in [6, 6.07) is 13.9. The van der Waals surface area contributed by atoms with Crippen molar-refractivity contribution in [3.63, 3.8) is 0 Å². The van der Waals surface area contributed by atoms with Crippen LogP contribution >= 0.6 is 23.4 Å². The van der Waals surface area contributed by atoms with E-state index in [-0.39, 0.29) is 12.5 Å². The van der Waals surface area contributed by atoms with Crippen molar-refractivity contribution in [1.29, 1.82) is 0 Å². The molecule has 1 saturated heterocycles. The van der Waals surface area contributed by atoms with Crippen molar-refractivity contribution in [2.45, 2.75) is 36.0 Å². The van der Waals surface area contributed by atoms with Gasteiger partial charge in [0, 0.05) is 21.7 Å². The second kappa shape index (κ2) is 7.96. The summed E-state index contributed by atoms with van der Waals surface area (Å²) in [6.07, 6.45) is 0.827. The van der Waals surface area contributed by atoms with Gasteiger partial charge >= 0.3 is 6.03 Å². The third-order valence-corrected chi connectivity index (χ3v) is 7.02. The molecule has 0 spiro atoms. The molecule has 6 nitrogen and oxygen atoms in total. The first kappa shape index (κ1) is 20.8. The average Bonchev–Trinajstić information content (AvgIpc) is 2.85. The molecule has 2 aromatic rings. The molecule has 2 aromatic carbocycles. The molecule has 0 bridgehead atoms. The van der Waals surface area contributed by atoms with Crippen LogP contribution in [0.25, 0.3) is 0 Å². The fraction of sp³-hybridized carbons (Fsp3) is 0.318. The number of anilines is 1. The predicted molar refractivity (Wildman–Crippen MR) is 118 cm³/mol. The van der Waals surface area contributed by atoms with Crippen molar-refractivity contribution in [2.75, 3.05) is 18.0 Å². The van der Waals surface area contributed by atoms with Gasteiger partial charge in [-0.2, -0.15) is 0 Å². The minimum atomic E-state index is -1.23. The lowest BCUT2D eigenvalue weighted by molar-refractivity contribution is -0.134. The Labute approximate surface area is 184 Å². The summed E-state index contributed by atoms with van der Waals surface area (Å²) in [4.78, 5) is 42.7. The lowest BCUT2D eigenvalue weighted by Crippen LogP contribution is -2.45. The highest BCUT2D eigenvalue weighted by atomic mass is 35.5. The van der Waals surface area contributed by atoms with Crippen molar-refractivity contribution in [2.24, 2.45) is 0 Å². The Morgan fingerprint density at radius 2 is 1.90 bits per heavy atom. The zero-order chi connectivity index (χ0) is 21.5. The molecule has 1 fully saturated rings. The number of benzene rings is 2. The fourth-order valence-corrected chi connectivity index (χ4v) is 5.02.